The molecule has 0 spiro atoms. The predicted octanol–water partition coefficient (Wildman–Crippen LogP) is 3.64. The van der Waals surface area contributed by atoms with Gasteiger partial charge in [-0.05, 0) is 37.1 Å². The van der Waals surface area contributed by atoms with Gasteiger partial charge >= 0.3 is 5.97 Å². The van der Waals surface area contributed by atoms with Crippen LogP contribution in [0.1, 0.15) is 23.2 Å². The largest absolute Gasteiger partial charge is 0.452 e. The van der Waals surface area contributed by atoms with Gasteiger partial charge in [-0.15, -0.1) is 0 Å². The number of hydrogen-bond donors (Lipinski definition) is 1. The van der Waals surface area contributed by atoms with Crippen molar-refractivity contribution in [3.8, 4) is 0 Å². The molecule has 0 saturated carbocycles. The van der Waals surface area contributed by atoms with E-state index in [9.17, 15) is 19.7 Å². The Kier molecular flexibility index (Phi) is 6.10. The highest BCUT2D eigenvalue weighted by atomic mass is 35.5. The fraction of sp³-hybridized carbons (Fsp3) is 0.263. The smallest absolute Gasteiger partial charge is 0.338 e. The van der Waals surface area contributed by atoms with Crippen LogP contribution in [0.4, 0.5) is 17.1 Å². The van der Waals surface area contributed by atoms with Gasteiger partial charge in [-0.1, -0.05) is 23.7 Å². The minimum absolute atomic E-state index is 0.0141. The molecule has 9 heteroatoms. The molecule has 0 aromatic heterocycles. The lowest BCUT2D eigenvalue weighted by Gasteiger charge is -2.17. The number of benzene rings is 2. The van der Waals surface area contributed by atoms with Crippen LogP contribution < -0.4 is 10.2 Å². The molecule has 0 aliphatic carbocycles. The Bertz CT molecular complexity index is 912. The summed E-state index contributed by atoms with van der Waals surface area (Å²) in [5.74, 6) is -1.38. The maximum atomic E-state index is 12.2. The van der Waals surface area contributed by atoms with E-state index in [-0.39, 0.29) is 11.3 Å². The number of esters is 1. The van der Waals surface area contributed by atoms with Gasteiger partial charge in [0.1, 0.15) is 5.69 Å². The first-order valence-corrected chi connectivity index (χ1v) is 9.08. The van der Waals surface area contributed by atoms with Crippen LogP contribution in [0, 0.1) is 10.1 Å². The highest BCUT2D eigenvalue weighted by Crippen LogP contribution is 2.31. The van der Waals surface area contributed by atoms with Crippen LogP contribution in [0.3, 0.4) is 0 Å². The van der Waals surface area contributed by atoms with Crippen LogP contribution >= 0.6 is 11.6 Å². The number of anilines is 2. The van der Waals surface area contributed by atoms with E-state index in [1.165, 1.54) is 12.1 Å². The van der Waals surface area contributed by atoms with Crippen LogP contribution in [-0.2, 0) is 9.53 Å². The molecule has 8 nitrogen and oxygen atoms in total. The molecule has 1 aliphatic heterocycles. The van der Waals surface area contributed by atoms with E-state index in [2.05, 4.69) is 5.32 Å². The average Bonchev–Trinajstić information content (AvgIpc) is 3.22. The lowest BCUT2D eigenvalue weighted by atomic mass is 10.1. The Morgan fingerprint density at radius 3 is 2.57 bits per heavy atom. The van der Waals surface area contributed by atoms with Crippen molar-refractivity contribution in [3.63, 3.8) is 0 Å². The number of carbonyl (C=O) groups excluding carboxylic acids is 2. The first-order chi connectivity index (χ1) is 13.5. The second-order valence-electron chi connectivity index (χ2n) is 6.26. The van der Waals surface area contributed by atoms with Crippen LogP contribution in [-0.4, -0.2) is 36.5 Å². The molecule has 1 heterocycles. The zero-order valence-electron chi connectivity index (χ0n) is 14.9. The number of halogens is 1. The number of nitro groups is 1. The molecule has 146 valence electrons. The van der Waals surface area contributed by atoms with Crippen molar-refractivity contribution in [1.29, 1.82) is 0 Å². The van der Waals surface area contributed by atoms with E-state index in [0.29, 0.717) is 16.4 Å². The second kappa shape index (κ2) is 8.71. The van der Waals surface area contributed by atoms with Crippen molar-refractivity contribution in [1.82, 2.24) is 0 Å². The molecule has 28 heavy (non-hydrogen) atoms. The molecular weight excluding hydrogens is 386 g/mol. The summed E-state index contributed by atoms with van der Waals surface area (Å²) in [6.07, 6.45) is 1.95. The number of para-hydroxylation sites is 1. The normalized spacial score (nSPS) is 13.2. The van der Waals surface area contributed by atoms with E-state index in [1.54, 1.807) is 30.3 Å². The maximum Gasteiger partial charge on any atom is 0.338 e. The van der Waals surface area contributed by atoms with Crippen molar-refractivity contribution >= 4 is 40.5 Å². The topological polar surface area (TPSA) is 102 Å². The lowest BCUT2D eigenvalue weighted by Crippen LogP contribution is -2.21. The van der Waals surface area contributed by atoms with Gasteiger partial charge in [0.15, 0.2) is 6.61 Å². The van der Waals surface area contributed by atoms with Crippen LogP contribution in [0.5, 0.6) is 0 Å². The third-order valence-corrected chi connectivity index (χ3v) is 4.67. The van der Waals surface area contributed by atoms with E-state index >= 15 is 0 Å². The van der Waals surface area contributed by atoms with Gasteiger partial charge in [0, 0.05) is 19.2 Å². The molecule has 1 N–H and O–H groups in total. The first kappa shape index (κ1) is 19.6. The molecule has 2 aromatic rings. The summed E-state index contributed by atoms with van der Waals surface area (Å²) in [6, 6.07) is 10.8. The van der Waals surface area contributed by atoms with Crippen LogP contribution in [0.15, 0.2) is 42.5 Å². The molecule has 0 unspecified atom stereocenters. The number of carbonyl (C=O) groups is 2. The third-order valence-electron chi connectivity index (χ3n) is 4.34. The zero-order valence-corrected chi connectivity index (χ0v) is 15.6. The van der Waals surface area contributed by atoms with Gasteiger partial charge in [0.2, 0.25) is 0 Å². The predicted molar refractivity (Wildman–Crippen MR) is 105 cm³/mol. The minimum Gasteiger partial charge on any atom is -0.452 e. The van der Waals surface area contributed by atoms with Gasteiger partial charge in [-0.2, -0.15) is 0 Å². The molecule has 2 aromatic carbocycles. The number of nitro benzene ring substituents is 1. The Balaban J connectivity index is 1.65. The standard InChI is InChI=1S/C19H18ClN3O5/c20-14-5-1-2-6-15(14)21-18(24)12-28-19(25)13-7-8-16(17(11-13)23(26)27)22-9-3-4-10-22/h1-2,5-8,11H,3-4,9-10,12H2,(H,21,24). The van der Waals surface area contributed by atoms with Crippen molar-refractivity contribution in [2.75, 3.05) is 29.9 Å². The fourth-order valence-corrected chi connectivity index (χ4v) is 3.17. The van der Waals surface area contributed by atoms with Gasteiger partial charge in [0.25, 0.3) is 11.6 Å². The van der Waals surface area contributed by atoms with Crippen molar-refractivity contribution in [2.45, 2.75) is 12.8 Å². The molecular formula is C19H18ClN3O5. The highest BCUT2D eigenvalue weighted by molar-refractivity contribution is 6.33. The Morgan fingerprint density at radius 2 is 1.89 bits per heavy atom. The molecule has 1 saturated heterocycles. The van der Waals surface area contributed by atoms with E-state index in [1.807, 2.05) is 4.90 Å². The molecule has 1 amide bonds. The fourth-order valence-electron chi connectivity index (χ4n) is 2.99. The first-order valence-electron chi connectivity index (χ1n) is 8.70. The summed E-state index contributed by atoms with van der Waals surface area (Å²) in [5, 5.41) is 14.3. The third kappa shape index (κ3) is 4.58. The lowest BCUT2D eigenvalue weighted by molar-refractivity contribution is -0.384. The summed E-state index contributed by atoms with van der Waals surface area (Å²) in [5.41, 5.74) is 0.739. The number of ether oxygens (including phenoxy) is 1. The number of nitrogens with one attached hydrogen (secondary N) is 1. The van der Waals surface area contributed by atoms with Gasteiger partial charge < -0.3 is 15.0 Å². The molecule has 0 radical (unpaired) electrons. The van der Waals surface area contributed by atoms with Gasteiger partial charge in [-0.25, -0.2) is 4.79 Å². The summed E-state index contributed by atoms with van der Waals surface area (Å²) in [7, 11) is 0. The van der Waals surface area contributed by atoms with Gasteiger partial charge in [-0.3, -0.25) is 14.9 Å². The number of nitrogens with zero attached hydrogens (tertiary/aromatic N) is 2. The highest BCUT2D eigenvalue weighted by Gasteiger charge is 2.24. The Morgan fingerprint density at radius 1 is 1.18 bits per heavy atom. The summed E-state index contributed by atoms with van der Waals surface area (Å²) in [6.45, 7) is 0.950. The van der Waals surface area contributed by atoms with E-state index in [4.69, 9.17) is 16.3 Å². The Hall–Kier alpha value is -3.13. The van der Waals surface area contributed by atoms with E-state index in [0.717, 1.165) is 25.9 Å². The van der Waals surface area contributed by atoms with Crippen molar-refractivity contribution in [3.05, 3.63) is 63.2 Å². The van der Waals surface area contributed by atoms with Crippen molar-refractivity contribution in [2.24, 2.45) is 0 Å². The summed E-state index contributed by atoms with van der Waals surface area (Å²) >= 11 is 5.95. The molecule has 3 rings (SSSR count). The van der Waals surface area contributed by atoms with Crippen LogP contribution in [0.2, 0.25) is 5.02 Å². The Labute approximate surface area is 166 Å². The molecule has 0 atom stereocenters. The van der Waals surface area contributed by atoms with E-state index < -0.39 is 23.4 Å². The van der Waals surface area contributed by atoms with Gasteiger partial charge in [0.05, 0.1) is 21.2 Å². The van der Waals surface area contributed by atoms with Crippen molar-refractivity contribution < 1.29 is 19.2 Å². The quantitative estimate of drug-likeness (QED) is 0.448. The summed E-state index contributed by atoms with van der Waals surface area (Å²) in [4.78, 5) is 37.0. The number of hydrogen-bond acceptors (Lipinski definition) is 6. The summed E-state index contributed by atoms with van der Waals surface area (Å²) < 4.78 is 4.97. The maximum absolute atomic E-state index is 12.2. The minimum atomic E-state index is -0.814. The molecule has 0 bridgehead atoms. The number of rotatable bonds is 6. The SMILES string of the molecule is O=C(COC(=O)c1ccc(N2CCCC2)c([N+](=O)[O-])c1)Nc1ccccc1Cl. The molecule has 1 fully saturated rings. The van der Waals surface area contributed by atoms with Crippen LogP contribution in [0.25, 0.3) is 0 Å². The molecule has 1 aliphatic rings. The average molecular weight is 404 g/mol. The number of amides is 1. The second-order valence-corrected chi connectivity index (χ2v) is 6.67. The monoisotopic (exact) mass is 403 g/mol. The zero-order chi connectivity index (χ0) is 20.1.